The smallest absolute Gasteiger partial charge is 0.334 e. The highest BCUT2D eigenvalue weighted by molar-refractivity contribution is 5.90. The number of cyclic esters (lactones) is 1. The molecule has 0 unspecified atom stereocenters. The average molecular weight is 647 g/mol. The lowest BCUT2D eigenvalue weighted by atomic mass is 10.0. The van der Waals surface area contributed by atoms with Gasteiger partial charge < -0.3 is 29.2 Å². The number of methoxy groups -OCH3 is 1. The number of hydrogen-bond donors (Lipinski definition) is 2. The second-order valence-corrected chi connectivity index (χ2v) is 13.4. The summed E-state index contributed by atoms with van der Waals surface area (Å²) in [6.45, 7) is 4.42. The van der Waals surface area contributed by atoms with Gasteiger partial charge in [-0.25, -0.2) is 4.79 Å². The molecule has 7 nitrogen and oxygen atoms in total. The molecule has 0 saturated carbocycles. The van der Waals surface area contributed by atoms with E-state index in [-0.39, 0.29) is 37.2 Å². The SMILES string of the molecule is CCCCCCCCCCCC[C@H](OCOC)[C@H]1CC[C@H]([C@H](O)C/C=C/C#CC[C@H](O)CCCCCCCC2=C[C@H](C)OC2=O)O1. The zero-order chi connectivity index (χ0) is 33.2. The van der Waals surface area contributed by atoms with Gasteiger partial charge in [0, 0.05) is 19.1 Å². The highest BCUT2D eigenvalue weighted by Crippen LogP contribution is 2.29. The molecule has 0 amide bonds. The molecule has 2 N–H and O–H groups in total. The Hall–Kier alpha value is -1.69. The molecule has 0 radical (unpaired) electrons. The summed E-state index contributed by atoms with van der Waals surface area (Å²) in [5.41, 5.74) is 0.817. The quantitative estimate of drug-likeness (QED) is 0.0400. The van der Waals surface area contributed by atoms with Crippen molar-refractivity contribution in [3.8, 4) is 11.8 Å². The van der Waals surface area contributed by atoms with E-state index < -0.39 is 12.2 Å². The predicted octanol–water partition coefficient (Wildman–Crippen LogP) is 8.50. The van der Waals surface area contributed by atoms with Crippen LogP contribution in [0.1, 0.15) is 155 Å². The second-order valence-electron chi connectivity index (χ2n) is 13.4. The lowest BCUT2D eigenvalue weighted by Gasteiger charge is -2.25. The number of esters is 1. The fraction of sp³-hybridized carbons (Fsp3) is 0.821. The van der Waals surface area contributed by atoms with Crippen molar-refractivity contribution in [3.63, 3.8) is 0 Å². The monoisotopic (exact) mass is 646 g/mol. The molecule has 2 aliphatic rings. The van der Waals surface area contributed by atoms with E-state index in [2.05, 4.69) is 18.8 Å². The minimum absolute atomic E-state index is 0.00195. The van der Waals surface area contributed by atoms with Gasteiger partial charge in [-0.2, -0.15) is 0 Å². The lowest BCUT2D eigenvalue weighted by Crippen LogP contribution is -2.33. The number of carbonyl (C=O) groups excluding carboxylic acids is 1. The number of hydrogen-bond acceptors (Lipinski definition) is 7. The molecule has 0 aromatic heterocycles. The van der Waals surface area contributed by atoms with Gasteiger partial charge in [0.25, 0.3) is 0 Å². The molecule has 0 aromatic rings. The number of carbonyl (C=O) groups is 1. The van der Waals surface area contributed by atoms with Crippen LogP contribution < -0.4 is 0 Å². The van der Waals surface area contributed by atoms with E-state index in [9.17, 15) is 15.0 Å². The summed E-state index contributed by atoms with van der Waals surface area (Å²) in [5, 5.41) is 21.0. The van der Waals surface area contributed by atoms with E-state index in [0.29, 0.717) is 12.8 Å². The van der Waals surface area contributed by atoms with Gasteiger partial charge in [-0.05, 0) is 64.0 Å². The summed E-state index contributed by atoms with van der Waals surface area (Å²) in [6, 6.07) is 0. The van der Waals surface area contributed by atoms with Gasteiger partial charge in [-0.1, -0.05) is 115 Å². The van der Waals surface area contributed by atoms with Crippen LogP contribution >= 0.6 is 0 Å². The van der Waals surface area contributed by atoms with E-state index in [0.717, 1.165) is 76.2 Å². The average Bonchev–Trinajstić information content (AvgIpc) is 3.66. The van der Waals surface area contributed by atoms with Crippen molar-refractivity contribution in [1.82, 2.24) is 0 Å². The van der Waals surface area contributed by atoms with Crippen LogP contribution in [-0.2, 0) is 23.7 Å². The van der Waals surface area contributed by atoms with E-state index in [1.807, 2.05) is 19.1 Å². The van der Waals surface area contributed by atoms with Gasteiger partial charge in [0.2, 0.25) is 0 Å². The van der Waals surface area contributed by atoms with Crippen LogP contribution in [0.15, 0.2) is 23.8 Å². The van der Waals surface area contributed by atoms with E-state index in [4.69, 9.17) is 18.9 Å². The topological polar surface area (TPSA) is 94.5 Å². The Morgan fingerprint density at radius 1 is 0.913 bits per heavy atom. The minimum atomic E-state index is -0.568. The van der Waals surface area contributed by atoms with E-state index in [1.54, 1.807) is 13.2 Å². The largest absolute Gasteiger partial charge is 0.455 e. The highest BCUT2D eigenvalue weighted by atomic mass is 16.7. The van der Waals surface area contributed by atoms with Gasteiger partial charge in [0.1, 0.15) is 12.9 Å². The van der Waals surface area contributed by atoms with Crippen molar-refractivity contribution < 1.29 is 34.0 Å². The number of aliphatic hydroxyl groups excluding tert-OH is 2. The van der Waals surface area contributed by atoms with E-state index in [1.165, 1.54) is 57.8 Å². The van der Waals surface area contributed by atoms with E-state index >= 15 is 0 Å². The molecule has 0 bridgehead atoms. The lowest BCUT2D eigenvalue weighted by molar-refractivity contribution is -0.139. The maximum Gasteiger partial charge on any atom is 0.334 e. The molecule has 2 aliphatic heterocycles. The molecular weight excluding hydrogens is 580 g/mol. The number of aliphatic hydroxyl groups is 2. The van der Waals surface area contributed by atoms with Crippen LogP contribution in [0, 0.1) is 11.8 Å². The van der Waals surface area contributed by atoms with Crippen LogP contribution in [0.4, 0.5) is 0 Å². The van der Waals surface area contributed by atoms with Gasteiger partial charge in [-0.3, -0.25) is 0 Å². The first-order valence-corrected chi connectivity index (χ1v) is 18.6. The van der Waals surface area contributed by atoms with Gasteiger partial charge in [0.15, 0.2) is 0 Å². The molecule has 0 aromatic carbocycles. The third-order valence-corrected chi connectivity index (χ3v) is 9.16. The summed E-state index contributed by atoms with van der Waals surface area (Å²) in [4.78, 5) is 11.6. The number of rotatable bonds is 27. The highest BCUT2D eigenvalue weighted by Gasteiger charge is 2.35. The maximum atomic E-state index is 11.6. The first-order chi connectivity index (χ1) is 22.4. The molecule has 2 heterocycles. The normalized spacial score (nSPS) is 21.6. The number of unbranched alkanes of at least 4 members (excludes halogenated alkanes) is 13. The molecule has 264 valence electrons. The van der Waals surface area contributed by atoms with Crippen molar-refractivity contribution in [2.75, 3.05) is 13.9 Å². The first kappa shape index (κ1) is 40.5. The molecule has 6 atom stereocenters. The van der Waals surface area contributed by atoms with Crippen LogP contribution in [0.25, 0.3) is 0 Å². The van der Waals surface area contributed by atoms with Crippen molar-refractivity contribution in [1.29, 1.82) is 0 Å². The summed E-state index contributed by atoms with van der Waals surface area (Å²) in [7, 11) is 1.65. The molecule has 0 aliphatic carbocycles. The molecule has 2 rings (SSSR count). The molecule has 1 saturated heterocycles. The minimum Gasteiger partial charge on any atom is -0.455 e. The number of allylic oxidation sites excluding steroid dienone is 1. The fourth-order valence-electron chi connectivity index (χ4n) is 6.41. The molecule has 7 heteroatoms. The van der Waals surface area contributed by atoms with Crippen molar-refractivity contribution >= 4 is 5.97 Å². The third kappa shape index (κ3) is 18.6. The van der Waals surface area contributed by atoms with Crippen LogP contribution in [0.5, 0.6) is 0 Å². The van der Waals surface area contributed by atoms with Crippen LogP contribution in [0.3, 0.4) is 0 Å². The summed E-state index contributed by atoms with van der Waals surface area (Å²) in [6.07, 6.45) is 27.9. The van der Waals surface area contributed by atoms with Gasteiger partial charge in [0.05, 0.1) is 30.5 Å². The first-order valence-electron chi connectivity index (χ1n) is 18.6. The third-order valence-electron chi connectivity index (χ3n) is 9.16. The Kier molecular flexibility index (Phi) is 23.1. The predicted molar refractivity (Wildman–Crippen MR) is 185 cm³/mol. The standard InChI is InChI=1S/C39H66O7/c1-4-5-6-7-8-9-10-11-15-22-27-37(44-31-43-3)38-29-28-36(46-38)35(41)26-21-17-16-20-25-34(40)24-19-14-12-13-18-23-33-30-32(2)45-39(33)42/h17,21,30,32,34-38,40-41H,4-15,18-19,22-29,31H2,1-3H3/b21-17+/t32-,34+,35+,36+,37-,38+/m0/s1. The summed E-state index contributed by atoms with van der Waals surface area (Å²) < 4.78 is 22.6. The maximum absolute atomic E-state index is 11.6. The van der Waals surface area contributed by atoms with Gasteiger partial charge in [-0.15, -0.1) is 0 Å². The van der Waals surface area contributed by atoms with Crippen molar-refractivity contribution in [3.05, 3.63) is 23.8 Å². The van der Waals surface area contributed by atoms with Gasteiger partial charge >= 0.3 is 5.97 Å². The Balaban J connectivity index is 1.53. The second kappa shape index (κ2) is 26.3. The van der Waals surface area contributed by atoms with Crippen LogP contribution in [0.2, 0.25) is 0 Å². The Morgan fingerprint density at radius 2 is 1.54 bits per heavy atom. The Labute approximate surface area is 280 Å². The zero-order valence-electron chi connectivity index (χ0n) is 29.4. The number of ether oxygens (including phenoxy) is 4. The Morgan fingerprint density at radius 3 is 2.20 bits per heavy atom. The fourth-order valence-corrected chi connectivity index (χ4v) is 6.41. The molecule has 0 spiro atoms. The van der Waals surface area contributed by atoms with Crippen molar-refractivity contribution in [2.45, 2.75) is 192 Å². The summed E-state index contributed by atoms with van der Waals surface area (Å²) >= 11 is 0. The Bertz CT molecular complexity index is 904. The summed E-state index contributed by atoms with van der Waals surface area (Å²) in [5.74, 6) is 5.87. The molecule has 1 fully saturated rings. The molecule has 46 heavy (non-hydrogen) atoms. The zero-order valence-corrected chi connectivity index (χ0v) is 29.4. The van der Waals surface area contributed by atoms with Crippen LogP contribution in [-0.4, -0.2) is 66.7 Å². The molecular formula is C39H66O7. The van der Waals surface area contributed by atoms with Crippen molar-refractivity contribution in [2.24, 2.45) is 0 Å².